The van der Waals surface area contributed by atoms with Crippen LogP contribution in [0.5, 0.6) is 0 Å². The van der Waals surface area contributed by atoms with Gasteiger partial charge in [0.15, 0.2) is 0 Å². The number of hydrogen-bond donors (Lipinski definition) is 1. The number of hydrogen-bond acceptors (Lipinski definition) is 2. The van der Waals surface area contributed by atoms with E-state index in [0.717, 1.165) is 16.8 Å². The minimum absolute atomic E-state index is 0.0404. The van der Waals surface area contributed by atoms with Gasteiger partial charge in [-0.25, -0.2) is 4.39 Å². The van der Waals surface area contributed by atoms with E-state index in [1.54, 1.807) is 6.07 Å². The molecule has 2 aromatic carbocycles. The molecule has 3 heteroatoms. The third-order valence-corrected chi connectivity index (χ3v) is 3.84. The van der Waals surface area contributed by atoms with E-state index < -0.39 is 0 Å². The molecule has 0 aromatic heterocycles. The monoisotopic (exact) mass is 273 g/mol. The van der Waals surface area contributed by atoms with Gasteiger partial charge in [0.1, 0.15) is 5.82 Å². The highest BCUT2D eigenvalue weighted by atomic mass is 19.1. The van der Waals surface area contributed by atoms with Gasteiger partial charge in [0.05, 0.1) is 12.6 Å². The molecule has 0 radical (unpaired) electrons. The van der Waals surface area contributed by atoms with Crippen LogP contribution in [0.15, 0.2) is 42.5 Å². The van der Waals surface area contributed by atoms with Crippen LogP contribution in [-0.2, 0) is 6.61 Å². The predicted octanol–water partition coefficient (Wildman–Crippen LogP) is 3.82. The summed E-state index contributed by atoms with van der Waals surface area (Å²) in [4.78, 5) is 2.03. The van der Waals surface area contributed by atoms with Gasteiger partial charge in [0.2, 0.25) is 0 Å². The van der Waals surface area contributed by atoms with Gasteiger partial charge in [-0.3, -0.25) is 0 Å². The second-order valence-corrected chi connectivity index (χ2v) is 5.08. The van der Waals surface area contributed by atoms with Crippen LogP contribution in [0.4, 0.5) is 10.1 Å². The number of rotatable bonds is 4. The Morgan fingerprint density at radius 2 is 1.90 bits per heavy atom. The normalized spacial score (nSPS) is 12.2. The molecule has 2 aromatic rings. The number of aliphatic hydroxyl groups excluding tert-OH is 1. The lowest BCUT2D eigenvalue weighted by atomic mass is 10.0. The van der Waals surface area contributed by atoms with Crippen molar-refractivity contribution in [2.24, 2.45) is 0 Å². The summed E-state index contributed by atoms with van der Waals surface area (Å²) in [6, 6.07) is 12.7. The van der Waals surface area contributed by atoms with Crippen LogP contribution in [0, 0.1) is 12.7 Å². The molecule has 0 fully saturated rings. The second-order valence-electron chi connectivity index (χ2n) is 5.08. The van der Waals surface area contributed by atoms with E-state index in [0.29, 0.717) is 5.56 Å². The van der Waals surface area contributed by atoms with Crippen LogP contribution in [0.2, 0.25) is 0 Å². The molecule has 0 saturated heterocycles. The summed E-state index contributed by atoms with van der Waals surface area (Å²) in [7, 11) is 1.95. The molecule has 1 N–H and O–H groups in total. The number of aliphatic hydroxyl groups is 1. The minimum Gasteiger partial charge on any atom is -0.392 e. The van der Waals surface area contributed by atoms with Crippen molar-refractivity contribution in [3.05, 3.63) is 65.0 Å². The Morgan fingerprint density at radius 3 is 2.50 bits per heavy atom. The Hall–Kier alpha value is -1.87. The maximum atomic E-state index is 13.9. The lowest BCUT2D eigenvalue weighted by molar-refractivity contribution is 0.281. The van der Waals surface area contributed by atoms with Crippen molar-refractivity contribution in [3.8, 4) is 0 Å². The van der Waals surface area contributed by atoms with Gasteiger partial charge in [0.25, 0.3) is 0 Å². The van der Waals surface area contributed by atoms with Gasteiger partial charge in [-0.2, -0.15) is 0 Å². The first-order valence-corrected chi connectivity index (χ1v) is 6.72. The van der Waals surface area contributed by atoms with Crippen LogP contribution in [0.25, 0.3) is 0 Å². The number of aryl methyl sites for hydroxylation is 1. The van der Waals surface area contributed by atoms with Crippen molar-refractivity contribution < 1.29 is 9.50 Å². The van der Waals surface area contributed by atoms with E-state index in [1.807, 2.05) is 56.1 Å². The van der Waals surface area contributed by atoms with Gasteiger partial charge < -0.3 is 10.0 Å². The molecule has 1 atom stereocenters. The lowest BCUT2D eigenvalue weighted by Crippen LogP contribution is -2.22. The number of halogens is 1. The van der Waals surface area contributed by atoms with Gasteiger partial charge in [-0.05, 0) is 43.2 Å². The van der Waals surface area contributed by atoms with Gasteiger partial charge in [0, 0.05) is 18.3 Å². The van der Waals surface area contributed by atoms with Crippen molar-refractivity contribution in [2.45, 2.75) is 26.5 Å². The van der Waals surface area contributed by atoms with Crippen LogP contribution in [0.3, 0.4) is 0 Å². The molecule has 0 amide bonds. The summed E-state index contributed by atoms with van der Waals surface area (Å²) in [5.41, 5.74) is 3.65. The van der Waals surface area contributed by atoms with E-state index in [9.17, 15) is 9.50 Å². The first-order valence-electron chi connectivity index (χ1n) is 6.72. The standard InChI is InChI=1S/C17H20FNO/c1-12-10-15(9-8-14(12)11-20)19(3)13(2)16-6-4-5-7-17(16)18/h4-10,13,20H,11H2,1-3H3. The largest absolute Gasteiger partial charge is 0.392 e. The molecular weight excluding hydrogens is 253 g/mol. The average molecular weight is 273 g/mol. The highest BCUT2D eigenvalue weighted by Gasteiger charge is 2.16. The molecule has 0 aliphatic heterocycles. The molecule has 2 rings (SSSR count). The topological polar surface area (TPSA) is 23.5 Å². The fourth-order valence-corrected chi connectivity index (χ4v) is 2.32. The summed E-state index contributed by atoms with van der Waals surface area (Å²) in [5.74, 6) is -0.185. The van der Waals surface area contributed by atoms with Crippen LogP contribution in [0.1, 0.15) is 29.7 Å². The van der Waals surface area contributed by atoms with Crippen LogP contribution < -0.4 is 4.90 Å². The van der Waals surface area contributed by atoms with Crippen molar-refractivity contribution in [2.75, 3.05) is 11.9 Å². The maximum Gasteiger partial charge on any atom is 0.128 e. The predicted molar refractivity (Wildman–Crippen MR) is 80.3 cm³/mol. The summed E-state index contributed by atoms with van der Waals surface area (Å²) < 4.78 is 13.9. The fourth-order valence-electron chi connectivity index (χ4n) is 2.32. The van der Waals surface area contributed by atoms with Crippen LogP contribution in [-0.4, -0.2) is 12.2 Å². The molecule has 2 nitrogen and oxygen atoms in total. The molecule has 0 saturated carbocycles. The van der Waals surface area contributed by atoms with Gasteiger partial charge in [-0.1, -0.05) is 24.3 Å². The quantitative estimate of drug-likeness (QED) is 0.915. The zero-order chi connectivity index (χ0) is 14.7. The number of nitrogens with zero attached hydrogens (tertiary/aromatic N) is 1. The fraction of sp³-hybridized carbons (Fsp3) is 0.294. The van der Waals surface area contributed by atoms with Crippen molar-refractivity contribution in [1.82, 2.24) is 0 Å². The van der Waals surface area contributed by atoms with Gasteiger partial charge >= 0.3 is 0 Å². The molecular formula is C17H20FNO. The highest BCUT2D eigenvalue weighted by molar-refractivity contribution is 5.52. The van der Waals surface area contributed by atoms with Crippen molar-refractivity contribution in [1.29, 1.82) is 0 Å². The Labute approximate surface area is 119 Å². The van der Waals surface area contributed by atoms with Crippen molar-refractivity contribution >= 4 is 5.69 Å². The smallest absolute Gasteiger partial charge is 0.128 e. The van der Waals surface area contributed by atoms with E-state index in [1.165, 1.54) is 6.07 Å². The third-order valence-electron chi connectivity index (χ3n) is 3.84. The summed E-state index contributed by atoms with van der Waals surface area (Å²) >= 11 is 0. The molecule has 0 heterocycles. The lowest BCUT2D eigenvalue weighted by Gasteiger charge is -2.28. The Kier molecular flexibility index (Phi) is 4.40. The first kappa shape index (κ1) is 14.5. The summed E-state index contributed by atoms with van der Waals surface area (Å²) in [6.45, 7) is 3.99. The zero-order valence-electron chi connectivity index (χ0n) is 12.1. The molecule has 0 bridgehead atoms. The van der Waals surface area contributed by atoms with E-state index in [4.69, 9.17) is 0 Å². The minimum atomic E-state index is -0.185. The first-order chi connectivity index (χ1) is 9.54. The van der Waals surface area contributed by atoms with E-state index in [-0.39, 0.29) is 18.5 Å². The molecule has 106 valence electrons. The van der Waals surface area contributed by atoms with Crippen molar-refractivity contribution in [3.63, 3.8) is 0 Å². The molecule has 1 unspecified atom stereocenters. The average Bonchev–Trinajstić information content (AvgIpc) is 2.46. The zero-order valence-corrected chi connectivity index (χ0v) is 12.1. The Morgan fingerprint density at radius 1 is 1.20 bits per heavy atom. The Balaban J connectivity index is 2.29. The summed E-state index contributed by atoms with van der Waals surface area (Å²) in [6.07, 6.45) is 0. The molecule has 0 aliphatic rings. The van der Waals surface area contributed by atoms with E-state index in [2.05, 4.69) is 0 Å². The van der Waals surface area contributed by atoms with E-state index >= 15 is 0 Å². The molecule has 20 heavy (non-hydrogen) atoms. The SMILES string of the molecule is Cc1cc(N(C)C(C)c2ccccc2F)ccc1CO. The molecule has 0 aliphatic carbocycles. The second kappa shape index (κ2) is 6.06. The maximum absolute atomic E-state index is 13.9. The number of anilines is 1. The summed E-state index contributed by atoms with van der Waals surface area (Å²) in [5, 5.41) is 9.21. The molecule has 0 spiro atoms. The Bertz CT molecular complexity index is 597. The van der Waals surface area contributed by atoms with Crippen LogP contribution >= 0.6 is 0 Å². The van der Waals surface area contributed by atoms with Gasteiger partial charge in [-0.15, -0.1) is 0 Å². The third kappa shape index (κ3) is 2.83. The highest BCUT2D eigenvalue weighted by Crippen LogP contribution is 2.28. The number of benzene rings is 2.